The molecule has 0 unspecified atom stereocenters. The second kappa shape index (κ2) is 20.0. The largest absolute Gasteiger partial charge is 0.481 e. The zero-order valence-electron chi connectivity index (χ0n) is 25.8. The van der Waals surface area contributed by atoms with Crippen molar-refractivity contribution in [2.24, 2.45) is 5.92 Å². The number of carbonyl (C=O) groups is 8. The minimum Gasteiger partial charge on any atom is -0.481 e. The SMILES string of the molecule is COC(=O)CC[C@H](NC(=O)[C@H](CC(=O)O)NC(=O)OCc1ccccc1)C(=O)N[C@H](C(=O)N[C@@H](CC(=O)OC)C(=O)CF)C(C)C. The molecule has 4 atom stereocenters. The standard InChI is InChI=1S/C29H39FN4O12/c1-16(2)25(28(42)32-19(21(35)14-30)13-24(39)45-4)34-26(40)18(10-11-23(38)44-3)31-27(41)20(12-22(36)37)33-29(43)46-15-17-8-6-5-7-9-17/h5-9,16,18-20,25H,10-15H2,1-4H3,(H,31,41)(H,32,42)(H,33,43)(H,34,40)(H,36,37)/t18-,19-,20-,25-/m0/s1. The average Bonchev–Trinajstić information content (AvgIpc) is 3.02. The van der Waals surface area contributed by atoms with Crippen LogP contribution in [0.5, 0.6) is 0 Å². The number of benzene rings is 1. The van der Waals surface area contributed by atoms with Crippen LogP contribution in [0, 0.1) is 5.92 Å². The van der Waals surface area contributed by atoms with Crippen LogP contribution in [0.3, 0.4) is 0 Å². The number of carboxylic acids is 1. The van der Waals surface area contributed by atoms with E-state index in [1.165, 1.54) is 13.8 Å². The van der Waals surface area contributed by atoms with Gasteiger partial charge in [-0.25, -0.2) is 9.18 Å². The summed E-state index contributed by atoms with van der Waals surface area (Å²) in [5.41, 5.74) is 0.617. The van der Waals surface area contributed by atoms with E-state index in [1.54, 1.807) is 30.3 Å². The lowest BCUT2D eigenvalue weighted by Crippen LogP contribution is -2.59. The molecule has 0 aliphatic rings. The lowest BCUT2D eigenvalue weighted by atomic mass is 10.0. The molecule has 0 aromatic heterocycles. The van der Waals surface area contributed by atoms with Crippen molar-refractivity contribution >= 4 is 47.5 Å². The summed E-state index contributed by atoms with van der Waals surface area (Å²) in [6, 6.07) is 2.23. The molecule has 1 aromatic rings. The molecule has 46 heavy (non-hydrogen) atoms. The lowest BCUT2D eigenvalue weighted by molar-refractivity contribution is -0.144. The zero-order valence-corrected chi connectivity index (χ0v) is 25.8. The van der Waals surface area contributed by atoms with Gasteiger partial charge >= 0.3 is 24.0 Å². The van der Waals surface area contributed by atoms with Crippen LogP contribution in [0.1, 0.15) is 45.1 Å². The Balaban J connectivity index is 3.13. The summed E-state index contributed by atoms with van der Waals surface area (Å²) in [5, 5.41) is 18.3. The number of hydrogen-bond acceptors (Lipinski definition) is 11. The monoisotopic (exact) mass is 654 g/mol. The number of amides is 4. The van der Waals surface area contributed by atoms with E-state index in [0.717, 1.165) is 14.2 Å². The van der Waals surface area contributed by atoms with Gasteiger partial charge in [0.05, 0.1) is 27.1 Å². The third kappa shape index (κ3) is 14.1. The number of alkyl carbamates (subject to hydrolysis) is 1. The third-order valence-electron chi connectivity index (χ3n) is 6.38. The van der Waals surface area contributed by atoms with Gasteiger partial charge in [0.2, 0.25) is 17.7 Å². The van der Waals surface area contributed by atoms with E-state index in [1.807, 2.05) is 0 Å². The molecule has 1 rings (SSSR count). The van der Waals surface area contributed by atoms with Gasteiger partial charge in [-0.1, -0.05) is 44.2 Å². The van der Waals surface area contributed by atoms with Crippen LogP contribution in [0.25, 0.3) is 0 Å². The fraction of sp³-hybridized carbons (Fsp3) is 0.517. The Morgan fingerprint density at radius 2 is 1.35 bits per heavy atom. The molecule has 0 radical (unpaired) electrons. The summed E-state index contributed by atoms with van der Waals surface area (Å²) in [6.07, 6.45) is -3.47. The third-order valence-corrected chi connectivity index (χ3v) is 6.38. The molecule has 0 aliphatic heterocycles. The van der Waals surface area contributed by atoms with Crippen molar-refractivity contribution in [1.29, 1.82) is 0 Å². The predicted octanol–water partition coefficient (Wildman–Crippen LogP) is -0.0786. The highest BCUT2D eigenvalue weighted by molar-refractivity contribution is 5.97. The summed E-state index contributed by atoms with van der Waals surface area (Å²) in [7, 11) is 2.12. The van der Waals surface area contributed by atoms with Gasteiger partial charge in [0.1, 0.15) is 37.4 Å². The molecule has 254 valence electrons. The fourth-order valence-electron chi connectivity index (χ4n) is 3.84. The molecule has 16 nitrogen and oxygen atoms in total. The lowest BCUT2D eigenvalue weighted by Gasteiger charge is -2.27. The Morgan fingerprint density at radius 3 is 1.89 bits per heavy atom. The van der Waals surface area contributed by atoms with Gasteiger partial charge in [0.25, 0.3) is 0 Å². The Kier molecular flexibility index (Phi) is 17.0. The summed E-state index contributed by atoms with van der Waals surface area (Å²) in [6.45, 7) is 1.36. The smallest absolute Gasteiger partial charge is 0.408 e. The maximum absolute atomic E-state index is 13.3. The minimum atomic E-state index is -1.72. The summed E-state index contributed by atoms with van der Waals surface area (Å²) in [4.78, 5) is 98.8. The van der Waals surface area contributed by atoms with Crippen molar-refractivity contribution in [3.05, 3.63) is 35.9 Å². The Morgan fingerprint density at radius 1 is 0.761 bits per heavy atom. The van der Waals surface area contributed by atoms with Gasteiger partial charge in [0, 0.05) is 6.42 Å². The normalized spacial score (nSPS) is 13.2. The number of halogens is 1. The van der Waals surface area contributed by atoms with Crippen LogP contribution in [-0.4, -0.2) is 97.7 Å². The first kappa shape index (κ1) is 38.9. The molecular formula is C29H39FN4O12. The van der Waals surface area contributed by atoms with E-state index < -0.39 is 104 Å². The molecule has 0 aliphatic carbocycles. The fourth-order valence-corrected chi connectivity index (χ4v) is 3.84. The molecule has 4 amide bonds. The van der Waals surface area contributed by atoms with Crippen LogP contribution in [0.15, 0.2) is 30.3 Å². The number of esters is 2. The molecule has 0 fully saturated rings. The second-order valence-corrected chi connectivity index (χ2v) is 10.2. The molecular weight excluding hydrogens is 615 g/mol. The molecule has 0 heterocycles. The van der Waals surface area contributed by atoms with Crippen molar-refractivity contribution in [3.8, 4) is 0 Å². The number of aliphatic carboxylic acids is 1. The summed E-state index contributed by atoms with van der Waals surface area (Å²) >= 11 is 0. The van der Waals surface area contributed by atoms with E-state index in [2.05, 4.69) is 30.7 Å². The van der Waals surface area contributed by atoms with E-state index >= 15 is 0 Å². The number of carboxylic acid groups (broad SMARTS) is 1. The molecule has 0 spiro atoms. The van der Waals surface area contributed by atoms with Crippen LogP contribution < -0.4 is 21.3 Å². The number of ketones is 1. The van der Waals surface area contributed by atoms with E-state index in [9.17, 15) is 47.9 Å². The van der Waals surface area contributed by atoms with E-state index in [-0.39, 0.29) is 13.0 Å². The van der Waals surface area contributed by atoms with Crippen molar-refractivity contribution in [2.75, 3.05) is 20.9 Å². The summed E-state index contributed by atoms with van der Waals surface area (Å²) in [5.74, 6) is -8.00. The van der Waals surface area contributed by atoms with Crippen LogP contribution >= 0.6 is 0 Å². The Hall–Kier alpha value is -5.09. The van der Waals surface area contributed by atoms with Gasteiger partial charge < -0.3 is 40.6 Å². The summed E-state index contributed by atoms with van der Waals surface area (Å²) < 4.78 is 27.2. The zero-order chi connectivity index (χ0) is 34.8. The Bertz CT molecular complexity index is 1240. The van der Waals surface area contributed by atoms with Crippen LogP contribution in [0.2, 0.25) is 0 Å². The molecule has 5 N–H and O–H groups in total. The first-order valence-corrected chi connectivity index (χ1v) is 14.0. The van der Waals surface area contributed by atoms with Gasteiger partial charge in [-0.05, 0) is 17.9 Å². The van der Waals surface area contributed by atoms with Gasteiger partial charge in [-0.3, -0.25) is 33.6 Å². The number of Topliss-reactive ketones (excluding diaryl/α,β-unsaturated/α-hetero) is 1. The number of ether oxygens (including phenoxy) is 3. The quantitative estimate of drug-likeness (QED) is 0.0974. The van der Waals surface area contributed by atoms with Crippen molar-refractivity contribution in [2.45, 2.75) is 70.3 Å². The van der Waals surface area contributed by atoms with Crippen molar-refractivity contribution in [1.82, 2.24) is 21.3 Å². The topological polar surface area (TPSA) is 233 Å². The highest BCUT2D eigenvalue weighted by Crippen LogP contribution is 2.09. The first-order chi connectivity index (χ1) is 21.7. The second-order valence-electron chi connectivity index (χ2n) is 10.2. The molecule has 1 aromatic carbocycles. The van der Waals surface area contributed by atoms with Gasteiger partial charge in [-0.15, -0.1) is 0 Å². The number of rotatable bonds is 19. The molecule has 0 bridgehead atoms. The predicted molar refractivity (Wildman–Crippen MR) is 155 cm³/mol. The van der Waals surface area contributed by atoms with Crippen LogP contribution in [0.4, 0.5) is 9.18 Å². The van der Waals surface area contributed by atoms with E-state index in [4.69, 9.17) is 4.74 Å². The highest BCUT2D eigenvalue weighted by Gasteiger charge is 2.34. The number of nitrogens with one attached hydrogen (secondary N) is 4. The number of carbonyl (C=O) groups excluding carboxylic acids is 7. The van der Waals surface area contributed by atoms with Gasteiger partial charge in [-0.2, -0.15) is 0 Å². The van der Waals surface area contributed by atoms with Crippen molar-refractivity contribution in [3.63, 3.8) is 0 Å². The molecule has 0 saturated heterocycles. The first-order valence-electron chi connectivity index (χ1n) is 14.0. The van der Waals surface area contributed by atoms with E-state index in [0.29, 0.717) is 5.56 Å². The number of alkyl halides is 1. The van der Waals surface area contributed by atoms with Crippen LogP contribution in [-0.2, 0) is 54.4 Å². The highest BCUT2D eigenvalue weighted by atomic mass is 19.1. The molecule has 17 heteroatoms. The van der Waals surface area contributed by atoms with Crippen molar-refractivity contribution < 1.29 is 62.1 Å². The maximum Gasteiger partial charge on any atom is 0.408 e. The molecule has 0 saturated carbocycles. The number of hydrogen-bond donors (Lipinski definition) is 5. The minimum absolute atomic E-state index is 0.186. The van der Waals surface area contributed by atoms with Gasteiger partial charge in [0.15, 0.2) is 5.78 Å². The maximum atomic E-state index is 13.3. The Labute approximate surface area is 264 Å². The number of methoxy groups -OCH3 is 2. The average molecular weight is 655 g/mol.